The van der Waals surface area contributed by atoms with Crippen LogP contribution in [0.1, 0.15) is 55.5 Å². The summed E-state index contributed by atoms with van der Waals surface area (Å²) in [6.45, 7) is 3.16. The minimum atomic E-state index is -0.356. The number of rotatable bonds is 9. The second kappa shape index (κ2) is 9.57. The Morgan fingerprint density at radius 2 is 1.73 bits per heavy atom. The topological polar surface area (TPSA) is 60.3 Å². The number of benzene rings is 2. The molecule has 30 heavy (non-hydrogen) atoms. The van der Waals surface area contributed by atoms with E-state index in [-0.39, 0.29) is 12.1 Å². The van der Waals surface area contributed by atoms with Gasteiger partial charge in [0.05, 0.1) is 12.2 Å². The Bertz CT molecular complexity index is 956. The first-order valence-corrected chi connectivity index (χ1v) is 10.7. The van der Waals surface area contributed by atoms with E-state index in [2.05, 4.69) is 29.4 Å². The van der Waals surface area contributed by atoms with Crippen LogP contribution in [0.25, 0.3) is 0 Å². The van der Waals surface area contributed by atoms with Crippen molar-refractivity contribution in [2.75, 3.05) is 11.5 Å². The third-order valence-electron chi connectivity index (χ3n) is 5.54. The van der Waals surface area contributed by atoms with Gasteiger partial charge in [0.1, 0.15) is 12.6 Å². The molecule has 0 bridgehead atoms. The third-order valence-corrected chi connectivity index (χ3v) is 5.54. The normalized spacial score (nSPS) is 16.1. The minimum Gasteiger partial charge on any atom is -0.447 e. The zero-order valence-corrected chi connectivity index (χ0v) is 17.4. The SMILES string of the molecule is CCCCCCc1c(N2C(=O)OC[C@H]2c2ccccc2)nnn1Cc1ccccc1. The molecule has 0 saturated carbocycles. The Morgan fingerprint density at radius 3 is 2.47 bits per heavy atom. The Morgan fingerprint density at radius 1 is 1.00 bits per heavy atom. The number of anilines is 1. The van der Waals surface area contributed by atoms with Crippen LogP contribution in [0.2, 0.25) is 0 Å². The maximum absolute atomic E-state index is 12.7. The number of ether oxygens (including phenoxy) is 1. The van der Waals surface area contributed by atoms with Gasteiger partial charge in [0, 0.05) is 0 Å². The van der Waals surface area contributed by atoms with E-state index in [1.165, 1.54) is 12.8 Å². The van der Waals surface area contributed by atoms with Crippen molar-refractivity contribution in [1.82, 2.24) is 15.0 Å². The summed E-state index contributed by atoms with van der Waals surface area (Å²) in [6.07, 6.45) is 5.06. The first kappa shape index (κ1) is 20.1. The largest absolute Gasteiger partial charge is 0.447 e. The van der Waals surface area contributed by atoms with Gasteiger partial charge < -0.3 is 4.74 Å². The minimum absolute atomic E-state index is 0.185. The highest BCUT2D eigenvalue weighted by Gasteiger charge is 2.38. The lowest BCUT2D eigenvalue weighted by Gasteiger charge is -2.20. The summed E-state index contributed by atoms with van der Waals surface area (Å²) < 4.78 is 7.36. The number of hydrogen-bond acceptors (Lipinski definition) is 4. The van der Waals surface area contributed by atoms with Crippen molar-refractivity contribution < 1.29 is 9.53 Å². The summed E-state index contributed by atoms with van der Waals surface area (Å²) in [5, 5.41) is 8.89. The fourth-order valence-electron chi connectivity index (χ4n) is 3.93. The molecule has 3 aromatic rings. The lowest BCUT2D eigenvalue weighted by Crippen LogP contribution is -2.28. The summed E-state index contributed by atoms with van der Waals surface area (Å²) in [5.74, 6) is 0.624. The van der Waals surface area contributed by atoms with Gasteiger partial charge in [-0.05, 0) is 24.0 Å². The van der Waals surface area contributed by atoms with Crippen molar-refractivity contribution >= 4 is 11.9 Å². The number of cyclic esters (lactones) is 1. The highest BCUT2D eigenvalue weighted by molar-refractivity contribution is 5.90. The van der Waals surface area contributed by atoms with Crippen molar-refractivity contribution in [2.45, 2.75) is 51.6 Å². The zero-order valence-electron chi connectivity index (χ0n) is 17.4. The van der Waals surface area contributed by atoms with Gasteiger partial charge in [0.2, 0.25) is 0 Å². The first-order chi connectivity index (χ1) is 14.8. The molecule has 0 spiro atoms. The standard InChI is InChI=1S/C24H28N4O2/c1-2-3-4-11-16-21-23(25-26-27(21)17-19-12-7-5-8-13-19)28-22(18-30-24(28)29)20-14-9-6-10-15-20/h5-10,12-15,22H,2-4,11,16-18H2,1H3/t22-/m0/s1. The molecule has 0 aliphatic carbocycles. The Kier molecular flexibility index (Phi) is 6.42. The van der Waals surface area contributed by atoms with E-state index in [1.54, 1.807) is 4.90 Å². The van der Waals surface area contributed by atoms with Crippen molar-refractivity contribution in [3.8, 4) is 0 Å². The zero-order chi connectivity index (χ0) is 20.8. The molecule has 0 unspecified atom stereocenters. The second-order valence-electron chi connectivity index (χ2n) is 7.69. The van der Waals surface area contributed by atoms with Crippen molar-refractivity contribution in [1.29, 1.82) is 0 Å². The number of hydrogen-bond donors (Lipinski definition) is 0. The molecule has 2 heterocycles. The fourth-order valence-corrected chi connectivity index (χ4v) is 3.93. The maximum Gasteiger partial charge on any atom is 0.416 e. The quantitative estimate of drug-likeness (QED) is 0.463. The molecule has 6 heteroatoms. The van der Waals surface area contributed by atoms with Gasteiger partial charge in [-0.3, -0.25) is 0 Å². The molecule has 4 rings (SSSR count). The maximum atomic E-state index is 12.7. The molecular weight excluding hydrogens is 376 g/mol. The van der Waals surface area contributed by atoms with Gasteiger partial charge in [0.15, 0.2) is 5.82 Å². The lowest BCUT2D eigenvalue weighted by molar-refractivity contribution is 0.179. The molecular formula is C24H28N4O2. The van der Waals surface area contributed by atoms with E-state index in [0.717, 1.165) is 36.1 Å². The predicted octanol–water partition coefficient (Wildman–Crippen LogP) is 5.15. The van der Waals surface area contributed by atoms with E-state index in [1.807, 2.05) is 53.2 Å². The molecule has 1 saturated heterocycles. The van der Waals surface area contributed by atoms with E-state index < -0.39 is 0 Å². The van der Waals surface area contributed by atoms with Crippen LogP contribution >= 0.6 is 0 Å². The fraction of sp³-hybridized carbons (Fsp3) is 0.375. The van der Waals surface area contributed by atoms with Crippen molar-refractivity contribution in [2.24, 2.45) is 0 Å². The average Bonchev–Trinajstić information content (AvgIpc) is 3.35. The monoisotopic (exact) mass is 404 g/mol. The van der Waals surface area contributed by atoms with Crippen LogP contribution in [0.5, 0.6) is 0 Å². The third kappa shape index (κ3) is 4.37. The highest BCUT2D eigenvalue weighted by Crippen LogP contribution is 2.34. The second-order valence-corrected chi connectivity index (χ2v) is 7.69. The summed E-state index contributed by atoms with van der Waals surface area (Å²) in [7, 11) is 0. The van der Waals surface area contributed by atoms with E-state index in [4.69, 9.17) is 4.74 Å². The summed E-state index contributed by atoms with van der Waals surface area (Å²) in [4.78, 5) is 14.4. The molecule has 1 atom stereocenters. The number of unbranched alkanes of at least 4 members (excludes halogenated alkanes) is 3. The first-order valence-electron chi connectivity index (χ1n) is 10.7. The predicted molar refractivity (Wildman–Crippen MR) is 116 cm³/mol. The number of nitrogens with zero attached hydrogens (tertiary/aromatic N) is 4. The van der Waals surface area contributed by atoms with Crippen LogP contribution in [0.4, 0.5) is 10.6 Å². The van der Waals surface area contributed by atoms with Crippen LogP contribution < -0.4 is 4.90 Å². The number of aromatic nitrogens is 3. The molecule has 2 aromatic carbocycles. The molecule has 156 valence electrons. The van der Waals surface area contributed by atoms with E-state index in [0.29, 0.717) is 19.0 Å². The number of carbonyl (C=O) groups is 1. The molecule has 0 radical (unpaired) electrons. The molecule has 1 amide bonds. The molecule has 0 N–H and O–H groups in total. The molecule has 1 aromatic heterocycles. The van der Waals surface area contributed by atoms with Gasteiger partial charge in [-0.1, -0.05) is 92.1 Å². The van der Waals surface area contributed by atoms with Crippen LogP contribution in [-0.4, -0.2) is 27.7 Å². The van der Waals surface area contributed by atoms with Crippen LogP contribution in [0.3, 0.4) is 0 Å². The Balaban J connectivity index is 1.66. The Hall–Kier alpha value is -3.15. The van der Waals surface area contributed by atoms with Crippen molar-refractivity contribution in [3.05, 3.63) is 77.5 Å². The number of carbonyl (C=O) groups excluding carboxylic acids is 1. The van der Waals surface area contributed by atoms with Crippen LogP contribution in [0, 0.1) is 0 Å². The summed E-state index contributed by atoms with van der Waals surface area (Å²) in [5.41, 5.74) is 3.19. The van der Waals surface area contributed by atoms with Gasteiger partial charge in [-0.2, -0.15) is 0 Å². The molecule has 1 aliphatic heterocycles. The smallest absolute Gasteiger partial charge is 0.416 e. The highest BCUT2D eigenvalue weighted by atomic mass is 16.6. The number of amides is 1. The van der Waals surface area contributed by atoms with Crippen LogP contribution in [0.15, 0.2) is 60.7 Å². The van der Waals surface area contributed by atoms with Crippen molar-refractivity contribution in [3.63, 3.8) is 0 Å². The van der Waals surface area contributed by atoms with E-state index in [9.17, 15) is 4.79 Å². The van der Waals surface area contributed by atoms with Gasteiger partial charge in [-0.15, -0.1) is 5.10 Å². The Labute approximate surface area is 177 Å². The molecule has 1 aliphatic rings. The van der Waals surface area contributed by atoms with E-state index >= 15 is 0 Å². The average molecular weight is 405 g/mol. The summed E-state index contributed by atoms with van der Waals surface area (Å²) in [6, 6.07) is 20.0. The van der Waals surface area contributed by atoms with Gasteiger partial charge in [0.25, 0.3) is 0 Å². The summed E-state index contributed by atoms with van der Waals surface area (Å²) >= 11 is 0. The lowest BCUT2D eigenvalue weighted by atomic mass is 10.1. The van der Waals surface area contributed by atoms with Crippen LogP contribution in [-0.2, 0) is 17.7 Å². The molecule has 1 fully saturated rings. The van der Waals surface area contributed by atoms with Gasteiger partial charge >= 0.3 is 6.09 Å². The van der Waals surface area contributed by atoms with Gasteiger partial charge in [-0.25, -0.2) is 14.4 Å². The molecule has 6 nitrogen and oxygen atoms in total.